The fourth-order valence-corrected chi connectivity index (χ4v) is 7.81. The first kappa shape index (κ1) is 33.4. The summed E-state index contributed by atoms with van der Waals surface area (Å²) >= 11 is 3.28. The van der Waals surface area contributed by atoms with Crippen molar-refractivity contribution in [2.24, 2.45) is 5.92 Å². The number of methoxy groups -OCH3 is 1. The second-order valence-corrected chi connectivity index (χ2v) is 14.7. The van der Waals surface area contributed by atoms with Crippen LogP contribution in [0.15, 0.2) is 45.8 Å². The number of hydrogen-bond donors (Lipinski definition) is 2. The topological polar surface area (TPSA) is 157 Å². The maximum atomic E-state index is 14.1. The number of alkyl carbamates (subject to hydrolysis) is 1. The standard InChI is InChI=1S/C31H40BrN3O9S/c1-42-29(38)31-18-20(31)9-5-3-2-4-6-12-25(33-30(39)43-22-10-7-8-11-22)28(37)35-19-23(17-26(35)27(36)34-31)44-45(40,41)24-15-13-21(32)14-16-24/h5,9,13-16,20,22-23,25-26H,2-4,6-8,10-12,17-19H2,1H3,(H,33,39)(H,34,36)/b9-5-/t20-,23+,25+,26+,31-/m1/s1. The molecule has 1 aromatic carbocycles. The highest BCUT2D eigenvalue weighted by atomic mass is 79.9. The van der Waals surface area contributed by atoms with E-state index >= 15 is 0 Å². The highest BCUT2D eigenvalue weighted by molar-refractivity contribution is 9.10. The van der Waals surface area contributed by atoms with Gasteiger partial charge in [0.25, 0.3) is 10.1 Å². The minimum absolute atomic E-state index is 0.0719. The van der Waals surface area contributed by atoms with Crippen LogP contribution in [0.5, 0.6) is 0 Å². The summed E-state index contributed by atoms with van der Waals surface area (Å²) in [5, 5.41) is 5.55. The van der Waals surface area contributed by atoms with Gasteiger partial charge in [0.2, 0.25) is 11.8 Å². The molecule has 2 saturated carbocycles. The quantitative estimate of drug-likeness (QED) is 0.255. The first-order valence-corrected chi connectivity index (χ1v) is 17.8. The molecule has 2 aliphatic carbocycles. The van der Waals surface area contributed by atoms with Crippen molar-refractivity contribution in [2.75, 3.05) is 13.7 Å². The lowest BCUT2D eigenvalue weighted by Gasteiger charge is -2.29. The van der Waals surface area contributed by atoms with E-state index in [0.717, 1.165) is 44.9 Å². The maximum Gasteiger partial charge on any atom is 0.408 e. The number of rotatable bonds is 6. The van der Waals surface area contributed by atoms with Crippen LogP contribution in [0.2, 0.25) is 0 Å². The number of esters is 1. The number of ether oxygens (including phenoxy) is 2. The van der Waals surface area contributed by atoms with Gasteiger partial charge in [-0.15, -0.1) is 0 Å². The van der Waals surface area contributed by atoms with Crippen molar-refractivity contribution in [2.45, 2.75) is 105 Å². The van der Waals surface area contributed by atoms with Crippen LogP contribution in [0.3, 0.4) is 0 Å². The molecule has 4 aliphatic rings. The number of nitrogens with one attached hydrogen (secondary N) is 2. The zero-order chi connectivity index (χ0) is 32.2. The van der Waals surface area contributed by atoms with Crippen LogP contribution >= 0.6 is 15.9 Å². The molecule has 12 nitrogen and oxygen atoms in total. The molecule has 2 aliphatic heterocycles. The fraction of sp³-hybridized carbons (Fsp3) is 0.613. The van der Waals surface area contributed by atoms with Gasteiger partial charge in [-0.2, -0.15) is 8.42 Å². The Labute approximate surface area is 271 Å². The predicted octanol–water partition coefficient (Wildman–Crippen LogP) is 3.73. The molecule has 14 heteroatoms. The van der Waals surface area contributed by atoms with Gasteiger partial charge in [-0.05, 0) is 75.6 Å². The second-order valence-electron chi connectivity index (χ2n) is 12.2. The Morgan fingerprint density at radius 3 is 2.44 bits per heavy atom. The van der Waals surface area contributed by atoms with Gasteiger partial charge in [-0.1, -0.05) is 40.9 Å². The monoisotopic (exact) mass is 709 g/mol. The van der Waals surface area contributed by atoms with Gasteiger partial charge in [0, 0.05) is 23.4 Å². The van der Waals surface area contributed by atoms with E-state index in [1.807, 2.05) is 12.2 Å². The third-order valence-corrected chi connectivity index (χ3v) is 10.9. The summed E-state index contributed by atoms with van der Waals surface area (Å²) in [6, 6.07) is 3.76. The molecule has 2 N–H and O–H groups in total. The lowest BCUT2D eigenvalue weighted by Crippen LogP contribution is -2.56. The van der Waals surface area contributed by atoms with Crippen molar-refractivity contribution < 1.29 is 41.3 Å². The van der Waals surface area contributed by atoms with E-state index in [2.05, 4.69) is 26.6 Å². The van der Waals surface area contributed by atoms with Crippen molar-refractivity contribution in [3.8, 4) is 0 Å². The summed E-state index contributed by atoms with van der Waals surface area (Å²) in [6.07, 6.45) is 8.96. The van der Waals surface area contributed by atoms with Gasteiger partial charge < -0.3 is 25.0 Å². The average molecular weight is 711 g/mol. The molecule has 2 heterocycles. The summed E-state index contributed by atoms with van der Waals surface area (Å²) in [5.74, 6) is -2.03. The molecular formula is C31H40BrN3O9S. The lowest BCUT2D eigenvalue weighted by atomic mass is 10.0. The Morgan fingerprint density at radius 1 is 1.02 bits per heavy atom. The third-order valence-electron chi connectivity index (χ3n) is 9.02. The van der Waals surface area contributed by atoms with Crippen molar-refractivity contribution >= 4 is 49.9 Å². The normalized spacial score (nSPS) is 30.2. The molecule has 3 fully saturated rings. The molecule has 0 unspecified atom stereocenters. The SMILES string of the molecule is COC(=O)[C@@]12C[C@H]1/C=C\CCCCC[C@H](NC(=O)OC1CCCC1)C(=O)N1C[C@@H](OS(=O)(=O)c3ccc(Br)cc3)C[C@H]1C(=O)N2. The number of hydrogen-bond acceptors (Lipinski definition) is 9. The first-order chi connectivity index (χ1) is 21.5. The smallest absolute Gasteiger partial charge is 0.408 e. The van der Waals surface area contributed by atoms with Gasteiger partial charge in [0.05, 0.1) is 18.1 Å². The van der Waals surface area contributed by atoms with Gasteiger partial charge in [0.15, 0.2) is 0 Å². The Kier molecular flexibility index (Phi) is 10.5. The molecule has 5 rings (SSSR count). The molecule has 1 aromatic rings. The highest BCUT2D eigenvalue weighted by Gasteiger charge is 2.62. The largest absolute Gasteiger partial charge is 0.467 e. The summed E-state index contributed by atoms with van der Waals surface area (Å²) in [4.78, 5) is 54.9. The molecule has 3 amide bonds. The number of benzene rings is 1. The highest BCUT2D eigenvalue weighted by Crippen LogP contribution is 2.46. The van der Waals surface area contributed by atoms with Crippen LogP contribution in [-0.4, -0.2) is 80.7 Å². The molecule has 246 valence electrons. The molecule has 1 saturated heterocycles. The molecular weight excluding hydrogens is 670 g/mol. The van der Waals surface area contributed by atoms with Crippen molar-refractivity contribution in [1.29, 1.82) is 0 Å². The van der Waals surface area contributed by atoms with Crippen LogP contribution < -0.4 is 10.6 Å². The number of carbonyl (C=O) groups excluding carboxylic acids is 4. The maximum absolute atomic E-state index is 14.1. The van der Waals surface area contributed by atoms with E-state index in [-0.39, 0.29) is 29.9 Å². The van der Waals surface area contributed by atoms with Crippen LogP contribution in [0.4, 0.5) is 4.79 Å². The Morgan fingerprint density at radius 2 is 1.73 bits per heavy atom. The third kappa shape index (κ3) is 7.89. The lowest BCUT2D eigenvalue weighted by molar-refractivity contribution is -0.148. The Hall–Kier alpha value is -2.97. The Balaban J connectivity index is 1.41. The number of carbonyl (C=O) groups is 4. The van der Waals surface area contributed by atoms with Crippen LogP contribution in [0.25, 0.3) is 0 Å². The van der Waals surface area contributed by atoms with E-state index < -0.39 is 57.7 Å². The summed E-state index contributed by atoms with van der Waals surface area (Å²) in [7, 11) is -2.99. The van der Waals surface area contributed by atoms with E-state index in [4.69, 9.17) is 13.7 Å². The van der Waals surface area contributed by atoms with Crippen LogP contribution in [-0.2, 0) is 38.2 Å². The van der Waals surface area contributed by atoms with Crippen LogP contribution in [0, 0.1) is 5.92 Å². The summed E-state index contributed by atoms with van der Waals surface area (Å²) in [6.45, 7) is -0.211. The molecule has 0 radical (unpaired) electrons. The van der Waals surface area contributed by atoms with Crippen molar-refractivity contribution in [1.82, 2.24) is 15.5 Å². The predicted molar refractivity (Wildman–Crippen MR) is 165 cm³/mol. The first-order valence-electron chi connectivity index (χ1n) is 15.6. The Bertz CT molecular complexity index is 1410. The number of fused-ring (bicyclic) bond motifs is 2. The van der Waals surface area contributed by atoms with Gasteiger partial charge in [0.1, 0.15) is 23.7 Å². The number of nitrogens with zero attached hydrogens (tertiary/aromatic N) is 1. The molecule has 0 spiro atoms. The van der Waals surface area contributed by atoms with Crippen molar-refractivity contribution in [3.63, 3.8) is 0 Å². The second kappa shape index (κ2) is 14.2. The molecule has 0 bridgehead atoms. The zero-order valence-electron chi connectivity index (χ0n) is 25.2. The number of halogens is 1. The van der Waals surface area contributed by atoms with E-state index in [9.17, 15) is 27.6 Å². The van der Waals surface area contributed by atoms with E-state index in [0.29, 0.717) is 23.7 Å². The molecule has 45 heavy (non-hydrogen) atoms. The number of allylic oxidation sites excluding steroid dienone is 1. The van der Waals surface area contributed by atoms with Gasteiger partial charge in [-0.3, -0.25) is 13.8 Å². The van der Waals surface area contributed by atoms with Gasteiger partial charge in [-0.25, -0.2) is 9.59 Å². The number of amides is 3. The van der Waals surface area contributed by atoms with E-state index in [1.165, 1.54) is 24.1 Å². The van der Waals surface area contributed by atoms with Crippen LogP contribution in [0.1, 0.15) is 70.6 Å². The fourth-order valence-electron chi connectivity index (χ4n) is 6.47. The van der Waals surface area contributed by atoms with E-state index in [1.54, 1.807) is 12.1 Å². The molecule has 0 aromatic heterocycles. The zero-order valence-corrected chi connectivity index (χ0v) is 27.6. The summed E-state index contributed by atoms with van der Waals surface area (Å²) < 4.78 is 43.1. The van der Waals surface area contributed by atoms with Crippen molar-refractivity contribution in [3.05, 3.63) is 40.9 Å². The minimum atomic E-state index is -4.24. The summed E-state index contributed by atoms with van der Waals surface area (Å²) in [5.41, 5.74) is -1.28. The average Bonchev–Trinajstić information content (AvgIpc) is 3.29. The molecule has 5 atom stereocenters. The minimum Gasteiger partial charge on any atom is -0.467 e. The van der Waals surface area contributed by atoms with Gasteiger partial charge >= 0.3 is 12.1 Å².